The summed E-state index contributed by atoms with van der Waals surface area (Å²) >= 11 is 12.5. The molecule has 1 N–H and O–H groups in total. The highest BCUT2D eigenvalue weighted by molar-refractivity contribution is 9.11. The molecule has 7 nitrogen and oxygen atoms in total. The van der Waals surface area contributed by atoms with Gasteiger partial charge in [0.2, 0.25) is 0 Å². The van der Waals surface area contributed by atoms with E-state index in [-0.39, 0.29) is 16.5 Å². The smallest absolute Gasteiger partial charge is 0.307 e. The highest BCUT2D eigenvalue weighted by Crippen LogP contribution is 2.31. The number of nitrogens with zero attached hydrogens (tertiary/aromatic N) is 2. The third kappa shape index (κ3) is 3.95. The summed E-state index contributed by atoms with van der Waals surface area (Å²) in [6.07, 6.45) is 1.27. The van der Waals surface area contributed by atoms with Gasteiger partial charge in [-0.05, 0) is 40.2 Å². The SMILES string of the molecule is O=C(N/N=C\c1ccc(Cl)c([N+](=O)[O-])c1)c1cc2cc(Br)cc(Br)c2o1. The number of nitrogens with one attached hydrogen (secondary N) is 1. The molecule has 2 aromatic carbocycles. The lowest BCUT2D eigenvalue weighted by atomic mass is 10.2. The Morgan fingerprint density at radius 3 is 2.77 bits per heavy atom. The Labute approximate surface area is 168 Å². The summed E-state index contributed by atoms with van der Waals surface area (Å²) in [4.78, 5) is 22.4. The van der Waals surface area contributed by atoms with Crippen molar-refractivity contribution in [3.05, 3.63) is 71.8 Å². The fourth-order valence-electron chi connectivity index (χ4n) is 2.16. The number of carbonyl (C=O) groups is 1. The van der Waals surface area contributed by atoms with Crippen molar-refractivity contribution in [1.82, 2.24) is 5.43 Å². The number of furan rings is 1. The maximum Gasteiger partial charge on any atom is 0.307 e. The molecule has 0 aliphatic carbocycles. The van der Waals surface area contributed by atoms with Gasteiger partial charge < -0.3 is 4.42 Å². The maximum atomic E-state index is 12.2. The first-order valence-electron chi connectivity index (χ1n) is 7.01. The molecule has 0 aliphatic rings. The van der Waals surface area contributed by atoms with Crippen molar-refractivity contribution in [2.75, 3.05) is 0 Å². The van der Waals surface area contributed by atoms with Crippen LogP contribution in [0.2, 0.25) is 5.02 Å². The second kappa shape index (κ2) is 7.56. The third-order valence-electron chi connectivity index (χ3n) is 3.31. The zero-order valence-electron chi connectivity index (χ0n) is 12.7. The fourth-order valence-corrected chi connectivity index (χ4v) is 3.68. The molecule has 3 aromatic rings. The summed E-state index contributed by atoms with van der Waals surface area (Å²) in [7, 11) is 0. The normalized spacial score (nSPS) is 11.2. The van der Waals surface area contributed by atoms with Crippen molar-refractivity contribution in [2.45, 2.75) is 0 Å². The highest BCUT2D eigenvalue weighted by atomic mass is 79.9. The van der Waals surface area contributed by atoms with Gasteiger partial charge in [0.25, 0.3) is 5.69 Å². The number of hydrogen-bond donors (Lipinski definition) is 1. The van der Waals surface area contributed by atoms with E-state index < -0.39 is 10.8 Å². The van der Waals surface area contributed by atoms with Gasteiger partial charge in [-0.1, -0.05) is 33.6 Å². The van der Waals surface area contributed by atoms with Gasteiger partial charge in [-0.3, -0.25) is 14.9 Å². The Kier molecular flexibility index (Phi) is 5.40. The number of hydrogen-bond acceptors (Lipinski definition) is 5. The van der Waals surface area contributed by atoms with Crippen molar-refractivity contribution < 1.29 is 14.1 Å². The molecule has 0 atom stereocenters. The lowest BCUT2D eigenvalue weighted by molar-refractivity contribution is -0.384. The number of nitro groups is 1. The first-order valence-corrected chi connectivity index (χ1v) is 8.97. The molecule has 0 saturated heterocycles. The molecule has 10 heteroatoms. The van der Waals surface area contributed by atoms with Crippen LogP contribution >= 0.6 is 43.5 Å². The Hall–Kier alpha value is -2.23. The largest absolute Gasteiger partial charge is 0.450 e. The summed E-state index contributed by atoms with van der Waals surface area (Å²) in [5.41, 5.74) is 3.02. The van der Waals surface area contributed by atoms with E-state index in [0.29, 0.717) is 15.6 Å². The molecule has 0 saturated carbocycles. The van der Waals surface area contributed by atoms with Crippen LogP contribution in [0.5, 0.6) is 0 Å². The van der Waals surface area contributed by atoms with E-state index >= 15 is 0 Å². The Bertz CT molecular complexity index is 1070. The quantitative estimate of drug-likeness (QED) is 0.299. The molecule has 132 valence electrons. The lowest BCUT2D eigenvalue weighted by Crippen LogP contribution is -2.16. The molecule has 0 aliphatic heterocycles. The van der Waals surface area contributed by atoms with Gasteiger partial charge in [0, 0.05) is 21.5 Å². The highest BCUT2D eigenvalue weighted by Gasteiger charge is 2.15. The molecule has 0 radical (unpaired) electrons. The minimum Gasteiger partial charge on any atom is -0.450 e. The monoisotopic (exact) mass is 499 g/mol. The van der Waals surface area contributed by atoms with Crippen LogP contribution in [0, 0.1) is 10.1 Å². The van der Waals surface area contributed by atoms with Gasteiger partial charge in [-0.2, -0.15) is 5.10 Å². The number of amides is 1. The summed E-state index contributed by atoms with van der Waals surface area (Å²) in [6.45, 7) is 0. The van der Waals surface area contributed by atoms with Gasteiger partial charge in [0.05, 0.1) is 15.6 Å². The average Bonchev–Trinajstić information content (AvgIpc) is 3.00. The predicted molar refractivity (Wildman–Crippen MR) is 105 cm³/mol. The number of rotatable bonds is 4. The Morgan fingerprint density at radius 2 is 2.04 bits per heavy atom. The fraction of sp³-hybridized carbons (Fsp3) is 0. The van der Waals surface area contributed by atoms with Crippen LogP contribution in [0.15, 0.2) is 54.9 Å². The van der Waals surface area contributed by atoms with Crippen molar-refractivity contribution in [1.29, 1.82) is 0 Å². The topological polar surface area (TPSA) is 97.7 Å². The van der Waals surface area contributed by atoms with E-state index in [2.05, 4.69) is 42.4 Å². The number of fused-ring (bicyclic) bond motifs is 1. The second-order valence-corrected chi connectivity index (χ2v) is 7.26. The van der Waals surface area contributed by atoms with Gasteiger partial charge in [0.15, 0.2) is 5.76 Å². The average molecular weight is 502 g/mol. The minimum absolute atomic E-state index is 0.0233. The standard InChI is InChI=1S/C16H8Br2ClN3O4/c17-10-4-9-5-14(26-15(9)11(18)6-10)16(23)21-20-7-8-1-2-12(19)13(3-8)22(24)25/h1-7H,(H,21,23)/b20-7-. The van der Waals surface area contributed by atoms with E-state index in [1.54, 1.807) is 18.2 Å². The molecule has 0 fully saturated rings. The van der Waals surface area contributed by atoms with Gasteiger partial charge in [0.1, 0.15) is 10.6 Å². The number of nitro benzene ring substituents is 1. The van der Waals surface area contributed by atoms with Crippen LogP contribution in [0.25, 0.3) is 11.0 Å². The second-order valence-electron chi connectivity index (χ2n) is 5.08. The van der Waals surface area contributed by atoms with E-state index in [1.165, 1.54) is 18.3 Å². The van der Waals surface area contributed by atoms with Crippen molar-refractivity contribution in [3.8, 4) is 0 Å². The summed E-state index contributed by atoms with van der Waals surface area (Å²) in [5.74, 6) is -0.470. The molecule has 1 amide bonds. The zero-order valence-corrected chi connectivity index (χ0v) is 16.6. The molecule has 3 rings (SSSR count). The lowest BCUT2D eigenvalue weighted by Gasteiger charge is -1.98. The molecule has 0 spiro atoms. The van der Waals surface area contributed by atoms with Crippen molar-refractivity contribution in [2.24, 2.45) is 5.10 Å². The first-order chi connectivity index (χ1) is 12.3. The predicted octanol–water partition coefficient (Wildman–Crippen LogP) is 5.28. The van der Waals surface area contributed by atoms with Crippen LogP contribution in [0.1, 0.15) is 16.1 Å². The Balaban J connectivity index is 1.77. The van der Waals surface area contributed by atoms with E-state index in [9.17, 15) is 14.9 Å². The van der Waals surface area contributed by atoms with Crippen LogP contribution < -0.4 is 5.43 Å². The molecular weight excluding hydrogens is 493 g/mol. The summed E-state index contributed by atoms with van der Waals surface area (Å²) in [5, 5.41) is 15.4. The first kappa shape index (κ1) is 18.6. The zero-order chi connectivity index (χ0) is 18.8. The van der Waals surface area contributed by atoms with Crippen LogP contribution in [-0.2, 0) is 0 Å². The molecule has 1 heterocycles. The number of hydrazone groups is 1. The summed E-state index contributed by atoms with van der Waals surface area (Å²) < 4.78 is 7.07. The Morgan fingerprint density at radius 1 is 1.27 bits per heavy atom. The van der Waals surface area contributed by atoms with Crippen LogP contribution in [0.4, 0.5) is 5.69 Å². The van der Waals surface area contributed by atoms with E-state index in [0.717, 1.165) is 9.86 Å². The number of carbonyl (C=O) groups excluding carboxylic acids is 1. The van der Waals surface area contributed by atoms with Crippen LogP contribution in [0.3, 0.4) is 0 Å². The molecule has 0 bridgehead atoms. The molecule has 1 aromatic heterocycles. The molecular formula is C16H8Br2ClN3O4. The van der Waals surface area contributed by atoms with Gasteiger partial charge in [-0.25, -0.2) is 5.43 Å². The van der Waals surface area contributed by atoms with E-state index in [1.807, 2.05) is 6.07 Å². The third-order valence-corrected chi connectivity index (χ3v) is 4.67. The van der Waals surface area contributed by atoms with Gasteiger partial charge in [-0.15, -0.1) is 0 Å². The van der Waals surface area contributed by atoms with Crippen LogP contribution in [-0.4, -0.2) is 17.0 Å². The molecule has 26 heavy (non-hydrogen) atoms. The van der Waals surface area contributed by atoms with Crippen molar-refractivity contribution >= 4 is 72.2 Å². The number of halogens is 3. The summed E-state index contributed by atoms with van der Waals surface area (Å²) in [6, 6.07) is 9.39. The number of benzene rings is 2. The van der Waals surface area contributed by atoms with Crippen molar-refractivity contribution in [3.63, 3.8) is 0 Å². The van der Waals surface area contributed by atoms with E-state index in [4.69, 9.17) is 16.0 Å². The molecule has 0 unspecified atom stereocenters. The van der Waals surface area contributed by atoms with Gasteiger partial charge >= 0.3 is 5.91 Å². The maximum absolute atomic E-state index is 12.2. The minimum atomic E-state index is -0.595.